The molecule has 1 heterocycles. The van der Waals surface area contributed by atoms with Crippen LogP contribution >= 0.6 is 12.2 Å². The predicted octanol–water partition coefficient (Wildman–Crippen LogP) is 4.67. The van der Waals surface area contributed by atoms with Crippen molar-refractivity contribution in [1.82, 2.24) is 4.90 Å². The molecule has 0 unspecified atom stereocenters. The van der Waals surface area contributed by atoms with Crippen LogP contribution in [-0.2, 0) is 6.61 Å². The Morgan fingerprint density at radius 1 is 1.04 bits per heavy atom. The van der Waals surface area contributed by atoms with Crippen molar-refractivity contribution in [3.05, 3.63) is 65.7 Å². The minimum absolute atomic E-state index is 0.592. The van der Waals surface area contributed by atoms with Gasteiger partial charge in [-0.05, 0) is 48.6 Å². The van der Waals surface area contributed by atoms with Gasteiger partial charge in [-0.25, -0.2) is 0 Å². The maximum atomic E-state index is 5.83. The predicted molar refractivity (Wildman–Crippen MR) is 98.9 cm³/mol. The summed E-state index contributed by atoms with van der Waals surface area (Å²) in [5.41, 5.74) is 2.29. The monoisotopic (exact) mass is 325 g/mol. The van der Waals surface area contributed by atoms with Crippen LogP contribution in [0.4, 0.5) is 0 Å². The molecule has 0 amide bonds. The van der Waals surface area contributed by atoms with E-state index in [2.05, 4.69) is 36.1 Å². The van der Waals surface area contributed by atoms with E-state index in [0.29, 0.717) is 6.61 Å². The highest BCUT2D eigenvalue weighted by molar-refractivity contribution is 7.80. The van der Waals surface area contributed by atoms with Crippen LogP contribution in [0.3, 0.4) is 0 Å². The number of ether oxygens (including phenoxy) is 1. The van der Waals surface area contributed by atoms with E-state index in [-0.39, 0.29) is 0 Å². The maximum Gasteiger partial charge on any atom is 0.119 e. The Morgan fingerprint density at radius 2 is 1.70 bits per heavy atom. The molecule has 0 bridgehead atoms. The Bertz CT molecular complexity index is 630. The van der Waals surface area contributed by atoms with Crippen molar-refractivity contribution in [2.75, 3.05) is 13.1 Å². The molecule has 23 heavy (non-hydrogen) atoms. The number of benzene rings is 2. The summed E-state index contributed by atoms with van der Waals surface area (Å²) in [5.74, 6) is 1.70. The molecule has 120 valence electrons. The van der Waals surface area contributed by atoms with Gasteiger partial charge in [-0.1, -0.05) is 49.5 Å². The molecule has 0 aromatic heterocycles. The summed E-state index contributed by atoms with van der Waals surface area (Å²) in [6.07, 6.45) is 2.47. The normalized spacial score (nSPS) is 15.4. The molecule has 1 saturated heterocycles. The summed E-state index contributed by atoms with van der Waals surface area (Å²) in [5, 5.41) is 0. The lowest BCUT2D eigenvalue weighted by atomic mass is 9.99. The molecule has 1 aliphatic rings. The summed E-state index contributed by atoms with van der Waals surface area (Å²) in [6.45, 7) is 5.06. The zero-order valence-corrected chi connectivity index (χ0v) is 14.4. The van der Waals surface area contributed by atoms with Crippen molar-refractivity contribution in [2.24, 2.45) is 5.92 Å². The second-order valence-corrected chi connectivity index (χ2v) is 6.66. The Kier molecular flexibility index (Phi) is 5.29. The lowest BCUT2D eigenvalue weighted by Gasteiger charge is -2.32. The Morgan fingerprint density at radius 3 is 2.35 bits per heavy atom. The molecule has 1 aliphatic heterocycles. The molecule has 0 spiro atoms. The van der Waals surface area contributed by atoms with E-state index >= 15 is 0 Å². The van der Waals surface area contributed by atoms with Gasteiger partial charge in [-0.2, -0.15) is 0 Å². The fraction of sp³-hybridized carbons (Fsp3) is 0.350. The van der Waals surface area contributed by atoms with Crippen molar-refractivity contribution in [3.8, 4) is 5.75 Å². The Hall–Kier alpha value is -1.87. The van der Waals surface area contributed by atoms with Crippen LogP contribution in [0.1, 0.15) is 30.9 Å². The number of nitrogens with zero attached hydrogens (tertiary/aromatic N) is 1. The minimum atomic E-state index is 0.592. The van der Waals surface area contributed by atoms with E-state index in [9.17, 15) is 0 Å². The Labute approximate surface area is 144 Å². The van der Waals surface area contributed by atoms with Gasteiger partial charge in [0.25, 0.3) is 0 Å². The van der Waals surface area contributed by atoms with E-state index in [1.807, 2.05) is 30.3 Å². The lowest BCUT2D eigenvalue weighted by Crippen LogP contribution is -2.37. The molecular formula is C20H23NOS. The molecule has 2 aromatic rings. The van der Waals surface area contributed by atoms with Crippen molar-refractivity contribution >= 4 is 17.2 Å². The van der Waals surface area contributed by atoms with Gasteiger partial charge in [0.05, 0.1) is 0 Å². The summed E-state index contributed by atoms with van der Waals surface area (Å²) in [6, 6.07) is 18.4. The van der Waals surface area contributed by atoms with E-state index in [1.54, 1.807) is 0 Å². The van der Waals surface area contributed by atoms with E-state index < -0.39 is 0 Å². The lowest BCUT2D eigenvalue weighted by molar-refractivity contribution is 0.284. The molecule has 3 heteroatoms. The van der Waals surface area contributed by atoms with Crippen LogP contribution in [0.15, 0.2) is 54.6 Å². The van der Waals surface area contributed by atoms with Crippen molar-refractivity contribution in [1.29, 1.82) is 0 Å². The van der Waals surface area contributed by atoms with Crippen molar-refractivity contribution < 1.29 is 4.74 Å². The summed E-state index contributed by atoms with van der Waals surface area (Å²) >= 11 is 5.65. The first-order valence-electron chi connectivity index (χ1n) is 8.28. The van der Waals surface area contributed by atoms with Crippen LogP contribution in [0.25, 0.3) is 0 Å². The Balaban J connectivity index is 1.57. The summed E-state index contributed by atoms with van der Waals surface area (Å²) < 4.78 is 5.83. The number of piperidine rings is 1. The van der Waals surface area contributed by atoms with Gasteiger partial charge in [-0.3, -0.25) is 0 Å². The molecule has 0 N–H and O–H groups in total. The molecule has 0 radical (unpaired) electrons. The molecule has 2 nitrogen and oxygen atoms in total. The van der Waals surface area contributed by atoms with Gasteiger partial charge in [0.15, 0.2) is 0 Å². The number of thiocarbonyl (C=S) groups is 1. The zero-order valence-electron chi connectivity index (χ0n) is 13.6. The highest BCUT2D eigenvalue weighted by atomic mass is 32.1. The fourth-order valence-electron chi connectivity index (χ4n) is 2.83. The molecular weight excluding hydrogens is 302 g/mol. The highest BCUT2D eigenvalue weighted by Crippen LogP contribution is 2.20. The second kappa shape index (κ2) is 7.60. The van der Waals surface area contributed by atoms with Crippen molar-refractivity contribution in [3.63, 3.8) is 0 Å². The maximum absolute atomic E-state index is 5.83. The number of hydrogen-bond acceptors (Lipinski definition) is 2. The third-order valence-corrected chi connectivity index (χ3v) is 4.91. The zero-order chi connectivity index (χ0) is 16.1. The highest BCUT2D eigenvalue weighted by Gasteiger charge is 2.18. The standard InChI is InChI=1S/C20H23NOS/c1-16-11-13-21(14-12-16)20(23)18-7-9-19(10-8-18)22-15-17-5-3-2-4-6-17/h2-10,16H,11-15H2,1H3. The largest absolute Gasteiger partial charge is 0.489 e. The minimum Gasteiger partial charge on any atom is -0.489 e. The van der Waals surface area contributed by atoms with E-state index in [4.69, 9.17) is 17.0 Å². The molecule has 3 rings (SSSR count). The summed E-state index contributed by atoms with van der Waals surface area (Å²) in [4.78, 5) is 3.29. The van der Waals surface area contributed by atoms with E-state index in [1.165, 1.54) is 18.4 Å². The van der Waals surface area contributed by atoms with Gasteiger partial charge >= 0.3 is 0 Å². The average molecular weight is 325 g/mol. The smallest absolute Gasteiger partial charge is 0.119 e. The molecule has 0 aliphatic carbocycles. The number of likely N-dealkylation sites (tertiary alicyclic amines) is 1. The van der Waals surface area contributed by atoms with Crippen molar-refractivity contribution in [2.45, 2.75) is 26.4 Å². The molecule has 1 fully saturated rings. The van der Waals surface area contributed by atoms with Gasteiger partial charge < -0.3 is 9.64 Å². The van der Waals surface area contributed by atoms with Gasteiger partial charge in [-0.15, -0.1) is 0 Å². The molecule has 0 saturated carbocycles. The van der Waals surface area contributed by atoms with Crippen LogP contribution in [-0.4, -0.2) is 23.0 Å². The second-order valence-electron chi connectivity index (χ2n) is 6.27. The topological polar surface area (TPSA) is 12.5 Å². The van der Waals surface area contributed by atoms with Gasteiger partial charge in [0.1, 0.15) is 17.3 Å². The molecule has 0 atom stereocenters. The van der Waals surface area contributed by atoms with Gasteiger partial charge in [0, 0.05) is 18.7 Å². The van der Waals surface area contributed by atoms with Crippen LogP contribution < -0.4 is 4.74 Å². The average Bonchev–Trinajstić information content (AvgIpc) is 2.61. The first-order chi connectivity index (χ1) is 11.2. The third kappa shape index (κ3) is 4.32. The van der Waals surface area contributed by atoms with Crippen LogP contribution in [0.2, 0.25) is 0 Å². The SMILES string of the molecule is CC1CCN(C(=S)c2ccc(OCc3ccccc3)cc2)CC1. The number of hydrogen-bond donors (Lipinski definition) is 0. The first kappa shape index (κ1) is 16.0. The molecule has 2 aromatic carbocycles. The van der Waals surface area contributed by atoms with Crippen LogP contribution in [0, 0.1) is 5.92 Å². The third-order valence-electron chi connectivity index (χ3n) is 4.42. The summed E-state index contributed by atoms with van der Waals surface area (Å²) in [7, 11) is 0. The van der Waals surface area contributed by atoms with Crippen LogP contribution in [0.5, 0.6) is 5.75 Å². The first-order valence-corrected chi connectivity index (χ1v) is 8.69. The number of rotatable bonds is 4. The van der Waals surface area contributed by atoms with Gasteiger partial charge in [0.2, 0.25) is 0 Å². The fourth-order valence-corrected chi connectivity index (χ4v) is 3.15. The van der Waals surface area contributed by atoms with E-state index in [0.717, 1.165) is 35.3 Å². The quantitative estimate of drug-likeness (QED) is 0.758.